The zero-order valence-electron chi connectivity index (χ0n) is 13.3. The van der Waals surface area contributed by atoms with E-state index < -0.39 is 29.9 Å². The van der Waals surface area contributed by atoms with Gasteiger partial charge < -0.3 is 15.2 Å². The summed E-state index contributed by atoms with van der Waals surface area (Å²) in [6.45, 7) is 0.513. The molecule has 1 atom stereocenters. The van der Waals surface area contributed by atoms with Crippen molar-refractivity contribution in [2.45, 2.75) is 12.5 Å². The lowest BCUT2D eigenvalue weighted by Crippen LogP contribution is -2.36. The number of rotatable bonds is 5. The minimum atomic E-state index is -2.09. The molecule has 25 heavy (non-hydrogen) atoms. The van der Waals surface area contributed by atoms with E-state index in [9.17, 15) is 19.1 Å². The van der Waals surface area contributed by atoms with Gasteiger partial charge in [0.05, 0.1) is 11.6 Å². The SMILES string of the molecule is C[C@](O)(C(=O)OCC(=O)Nc1cccc(C#N)c1)c1cccc(F)c1. The predicted octanol–water partition coefficient (Wildman–Crippen LogP) is 2.09. The second kappa shape index (κ2) is 7.55. The molecule has 1 amide bonds. The summed E-state index contributed by atoms with van der Waals surface area (Å²) in [6.07, 6.45) is 0. The topological polar surface area (TPSA) is 99.4 Å². The van der Waals surface area contributed by atoms with Gasteiger partial charge in [0.25, 0.3) is 5.91 Å². The molecule has 0 aromatic heterocycles. The van der Waals surface area contributed by atoms with E-state index in [1.807, 2.05) is 6.07 Å². The molecule has 0 saturated carbocycles. The van der Waals surface area contributed by atoms with Crippen LogP contribution >= 0.6 is 0 Å². The van der Waals surface area contributed by atoms with Crippen LogP contribution < -0.4 is 5.32 Å². The second-order valence-electron chi connectivity index (χ2n) is 5.40. The summed E-state index contributed by atoms with van der Waals surface area (Å²) in [6, 6.07) is 13.0. The first kappa shape index (κ1) is 18.1. The quantitative estimate of drug-likeness (QED) is 0.811. The van der Waals surface area contributed by atoms with Gasteiger partial charge in [-0.1, -0.05) is 18.2 Å². The third kappa shape index (κ3) is 4.62. The fourth-order valence-electron chi connectivity index (χ4n) is 2.04. The maximum Gasteiger partial charge on any atom is 0.343 e. The Hall–Kier alpha value is -3.24. The van der Waals surface area contributed by atoms with Crippen LogP contribution in [-0.4, -0.2) is 23.6 Å². The van der Waals surface area contributed by atoms with Crippen molar-refractivity contribution in [3.05, 3.63) is 65.5 Å². The molecule has 0 aliphatic rings. The molecule has 0 spiro atoms. The first-order valence-corrected chi connectivity index (χ1v) is 7.28. The zero-order chi connectivity index (χ0) is 18.4. The summed E-state index contributed by atoms with van der Waals surface area (Å²) in [5.74, 6) is -2.33. The fraction of sp³-hybridized carbons (Fsp3) is 0.167. The predicted molar refractivity (Wildman–Crippen MR) is 86.7 cm³/mol. The molecular weight excluding hydrogens is 327 g/mol. The van der Waals surface area contributed by atoms with Crippen molar-refractivity contribution in [1.82, 2.24) is 0 Å². The number of amides is 1. The smallest absolute Gasteiger partial charge is 0.343 e. The minimum absolute atomic E-state index is 0.0135. The van der Waals surface area contributed by atoms with E-state index in [0.29, 0.717) is 11.3 Å². The van der Waals surface area contributed by atoms with Crippen molar-refractivity contribution in [3.63, 3.8) is 0 Å². The number of nitrogens with one attached hydrogen (secondary N) is 1. The molecule has 0 bridgehead atoms. The van der Waals surface area contributed by atoms with Gasteiger partial charge in [-0.25, -0.2) is 9.18 Å². The van der Waals surface area contributed by atoms with E-state index in [4.69, 9.17) is 10.00 Å². The van der Waals surface area contributed by atoms with Gasteiger partial charge in [0.2, 0.25) is 0 Å². The molecule has 0 heterocycles. The van der Waals surface area contributed by atoms with E-state index in [1.54, 1.807) is 18.2 Å². The lowest BCUT2D eigenvalue weighted by Gasteiger charge is -2.21. The van der Waals surface area contributed by atoms with E-state index in [0.717, 1.165) is 13.0 Å². The molecule has 0 aliphatic carbocycles. The van der Waals surface area contributed by atoms with Gasteiger partial charge in [-0.2, -0.15) is 5.26 Å². The van der Waals surface area contributed by atoms with Crippen molar-refractivity contribution >= 4 is 17.6 Å². The standard InChI is InChI=1S/C18H15FN2O4/c1-18(24,13-5-3-6-14(19)9-13)17(23)25-11-16(22)21-15-7-2-4-12(8-15)10-20/h2-9,24H,11H2,1H3,(H,21,22)/t18-/m1/s1. The summed E-state index contributed by atoms with van der Waals surface area (Å²) in [7, 11) is 0. The first-order valence-electron chi connectivity index (χ1n) is 7.28. The zero-order valence-corrected chi connectivity index (χ0v) is 13.3. The summed E-state index contributed by atoms with van der Waals surface area (Å²) >= 11 is 0. The number of hydrogen-bond donors (Lipinski definition) is 2. The molecule has 0 unspecified atom stereocenters. The number of benzene rings is 2. The largest absolute Gasteiger partial charge is 0.453 e. The molecular formula is C18H15FN2O4. The fourth-order valence-corrected chi connectivity index (χ4v) is 2.04. The Morgan fingerprint density at radius 3 is 2.68 bits per heavy atom. The molecule has 2 aromatic rings. The summed E-state index contributed by atoms with van der Waals surface area (Å²) in [4.78, 5) is 23.8. The lowest BCUT2D eigenvalue weighted by molar-refractivity contribution is -0.166. The van der Waals surface area contributed by atoms with Gasteiger partial charge in [-0.05, 0) is 42.8 Å². The van der Waals surface area contributed by atoms with E-state index in [2.05, 4.69) is 5.32 Å². The Morgan fingerprint density at radius 1 is 1.28 bits per heavy atom. The summed E-state index contributed by atoms with van der Waals surface area (Å²) in [5, 5.41) is 21.5. The van der Waals surface area contributed by atoms with Crippen LogP contribution in [0.3, 0.4) is 0 Å². The van der Waals surface area contributed by atoms with Crippen molar-refractivity contribution < 1.29 is 23.8 Å². The Kier molecular flexibility index (Phi) is 5.47. The number of hydrogen-bond acceptors (Lipinski definition) is 5. The van der Waals surface area contributed by atoms with Gasteiger partial charge in [0.15, 0.2) is 12.2 Å². The van der Waals surface area contributed by atoms with E-state index in [1.165, 1.54) is 24.3 Å². The highest BCUT2D eigenvalue weighted by Gasteiger charge is 2.35. The maximum atomic E-state index is 13.2. The van der Waals surface area contributed by atoms with E-state index in [-0.39, 0.29) is 5.56 Å². The van der Waals surface area contributed by atoms with Gasteiger partial charge >= 0.3 is 5.97 Å². The third-order valence-electron chi connectivity index (χ3n) is 3.39. The number of carbonyl (C=O) groups excluding carboxylic acids is 2. The van der Waals surface area contributed by atoms with Crippen LogP contribution in [0.2, 0.25) is 0 Å². The molecule has 128 valence electrons. The number of nitriles is 1. The molecule has 2 rings (SSSR count). The molecule has 7 heteroatoms. The van der Waals surface area contributed by atoms with Crippen molar-refractivity contribution in [2.75, 3.05) is 11.9 Å². The van der Waals surface area contributed by atoms with Crippen LogP contribution in [0, 0.1) is 17.1 Å². The lowest BCUT2D eigenvalue weighted by atomic mass is 9.96. The van der Waals surface area contributed by atoms with Gasteiger partial charge in [-0.15, -0.1) is 0 Å². The number of halogens is 1. The number of nitrogens with zero attached hydrogens (tertiary/aromatic N) is 1. The number of ether oxygens (including phenoxy) is 1. The van der Waals surface area contributed by atoms with Crippen LogP contribution in [0.1, 0.15) is 18.1 Å². The highest BCUT2D eigenvalue weighted by Crippen LogP contribution is 2.23. The van der Waals surface area contributed by atoms with Gasteiger partial charge in [0.1, 0.15) is 5.82 Å². The first-order chi connectivity index (χ1) is 11.8. The molecule has 0 radical (unpaired) electrons. The van der Waals surface area contributed by atoms with Crippen LogP contribution in [-0.2, 0) is 19.9 Å². The van der Waals surface area contributed by atoms with Gasteiger partial charge in [0, 0.05) is 5.69 Å². The highest BCUT2D eigenvalue weighted by atomic mass is 19.1. The summed E-state index contributed by atoms with van der Waals surface area (Å²) < 4.78 is 18.0. The number of aliphatic hydroxyl groups is 1. The number of carbonyl (C=O) groups is 2. The molecule has 0 aliphatic heterocycles. The molecule has 6 nitrogen and oxygen atoms in total. The third-order valence-corrected chi connectivity index (χ3v) is 3.39. The molecule has 2 N–H and O–H groups in total. The average molecular weight is 342 g/mol. The normalized spacial score (nSPS) is 12.6. The van der Waals surface area contributed by atoms with Crippen LogP contribution in [0.4, 0.5) is 10.1 Å². The highest BCUT2D eigenvalue weighted by molar-refractivity contribution is 5.93. The van der Waals surface area contributed by atoms with E-state index >= 15 is 0 Å². The average Bonchev–Trinajstić information content (AvgIpc) is 2.59. The molecule has 0 fully saturated rings. The number of anilines is 1. The minimum Gasteiger partial charge on any atom is -0.453 e. The Labute approximate surface area is 143 Å². The molecule has 0 saturated heterocycles. The Balaban J connectivity index is 1.96. The Bertz CT molecular complexity index is 843. The number of esters is 1. The van der Waals surface area contributed by atoms with Crippen LogP contribution in [0.5, 0.6) is 0 Å². The van der Waals surface area contributed by atoms with Crippen LogP contribution in [0.15, 0.2) is 48.5 Å². The van der Waals surface area contributed by atoms with Gasteiger partial charge in [-0.3, -0.25) is 4.79 Å². The van der Waals surface area contributed by atoms with Crippen molar-refractivity contribution in [1.29, 1.82) is 5.26 Å². The summed E-state index contributed by atoms with van der Waals surface area (Å²) in [5.41, 5.74) is -1.34. The van der Waals surface area contributed by atoms with Crippen molar-refractivity contribution in [2.24, 2.45) is 0 Å². The van der Waals surface area contributed by atoms with Crippen molar-refractivity contribution in [3.8, 4) is 6.07 Å². The maximum absolute atomic E-state index is 13.2. The molecule has 2 aromatic carbocycles. The monoisotopic (exact) mass is 342 g/mol. The second-order valence-corrected chi connectivity index (χ2v) is 5.40. The van der Waals surface area contributed by atoms with Crippen LogP contribution in [0.25, 0.3) is 0 Å². The Morgan fingerprint density at radius 2 is 2.00 bits per heavy atom.